The Morgan fingerprint density at radius 3 is 2.20 bits per heavy atom. The van der Waals surface area contributed by atoms with Crippen LogP contribution in [0, 0.1) is 35.5 Å². The second-order valence-electron chi connectivity index (χ2n) is 38.7. The van der Waals surface area contributed by atoms with Crippen molar-refractivity contribution in [3.05, 3.63) is 143 Å². The molecule has 7 aliphatic rings. The highest BCUT2D eigenvalue weighted by molar-refractivity contribution is 6.39. The van der Waals surface area contributed by atoms with Gasteiger partial charge in [0.2, 0.25) is 29.2 Å². The molecule has 14 rings (SSSR count). The third-order valence-electron chi connectivity index (χ3n) is 28.4. The van der Waals surface area contributed by atoms with Gasteiger partial charge in [0.25, 0.3) is 29.5 Å². The van der Waals surface area contributed by atoms with Crippen LogP contribution in [0.2, 0.25) is 0 Å². The van der Waals surface area contributed by atoms with Crippen molar-refractivity contribution in [1.29, 1.82) is 0 Å². The summed E-state index contributed by atoms with van der Waals surface area (Å²) in [6, 6.07) is 10.7. The van der Waals surface area contributed by atoms with Crippen LogP contribution in [0.4, 0.5) is 23.7 Å². The van der Waals surface area contributed by atoms with Crippen molar-refractivity contribution in [1.82, 2.24) is 69.6 Å². The van der Waals surface area contributed by atoms with E-state index in [1.54, 1.807) is 85.8 Å². The molecule has 5 aromatic heterocycles. The average Bonchev–Trinajstić information content (AvgIpc) is 1.57. The van der Waals surface area contributed by atoms with E-state index in [4.69, 9.17) is 59.4 Å². The predicted octanol–water partition coefficient (Wildman–Crippen LogP) is 8.69. The quantitative estimate of drug-likeness (QED) is 0.0103. The van der Waals surface area contributed by atoms with E-state index in [9.17, 15) is 49.2 Å². The van der Waals surface area contributed by atoms with E-state index in [1.165, 1.54) is 18.3 Å². The number of hydrogen-bond donors (Lipinski definition) is 7. The first-order valence-electron chi connectivity index (χ1n) is 48.3. The van der Waals surface area contributed by atoms with Gasteiger partial charge >= 0.3 is 5.97 Å². The number of piperidine rings is 1. The summed E-state index contributed by atoms with van der Waals surface area (Å²) in [6.07, 6.45) is 18.9. The summed E-state index contributed by atoms with van der Waals surface area (Å²) in [7, 11) is 4.61. The number of hydrogen-bond acceptors (Lipinski definition) is 32. The average molecular weight is 1890 g/mol. The number of cyclic esters (lactones) is 1. The largest absolute Gasteiger partial charge is 0.460 e. The summed E-state index contributed by atoms with van der Waals surface area (Å²) < 4.78 is 43.8. The lowest BCUT2D eigenvalue weighted by atomic mass is 9.78. The monoisotopic (exact) mass is 1890 g/mol. The molecule has 11 heterocycles. The zero-order valence-electron chi connectivity index (χ0n) is 81.0. The van der Waals surface area contributed by atoms with Gasteiger partial charge in [-0.25, -0.2) is 39.4 Å². The van der Waals surface area contributed by atoms with Crippen LogP contribution in [0.5, 0.6) is 0 Å². The number of aromatic nitrogens is 9. The Kier molecular flexibility index (Phi) is 34.2. The van der Waals surface area contributed by atoms with Gasteiger partial charge in [0.15, 0.2) is 11.2 Å². The number of nitrogens with two attached hydrogens (primary N) is 2. The molecule has 2 aromatic carbocycles. The number of amides is 4. The number of aliphatic hydroxyl groups excluding tert-OH is 3. The van der Waals surface area contributed by atoms with Gasteiger partial charge in [0, 0.05) is 173 Å². The Labute approximate surface area is 800 Å². The highest BCUT2D eigenvalue weighted by Crippen LogP contribution is 2.41. The minimum Gasteiger partial charge on any atom is -0.460 e. The number of nitrogen functional groups attached to an aromatic ring is 2. The molecule has 4 amide bonds. The third-order valence-corrected chi connectivity index (χ3v) is 28.4. The zero-order valence-corrected chi connectivity index (χ0v) is 81.0. The van der Waals surface area contributed by atoms with Crippen LogP contribution in [-0.4, -0.2) is 299 Å². The van der Waals surface area contributed by atoms with Gasteiger partial charge in [0.1, 0.15) is 47.7 Å². The van der Waals surface area contributed by atoms with Crippen LogP contribution in [0.25, 0.3) is 33.4 Å². The number of ketones is 1. The summed E-state index contributed by atoms with van der Waals surface area (Å²) in [5.41, 5.74) is 19.7. The lowest BCUT2D eigenvalue weighted by Gasteiger charge is -2.43. The molecular weight excluding hydrogens is 1760 g/mol. The predicted molar refractivity (Wildman–Crippen MR) is 514 cm³/mol. The molecule has 37 nitrogen and oxygen atoms in total. The molecule has 5 fully saturated rings. The highest BCUT2D eigenvalue weighted by Gasteiger charge is 2.54. The van der Waals surface area contributed by atoms with Crippen LogP contribution < -0.4 is 26.6 Å². The summed E-state index contributed by atoms with van der Waals surface area (Å²) in [5.74, 6) is -6.78. The summed E-state index contributed by atoms with van der Waals surface area (Å²) in [6.45, 7) is 24.2. The number of esters is 1. The standard InChI is InChI=1S/C100H137N19O18/c1-60-18-14-13-15-19-61(2)80(130-10)50-74-26-21-66(7)100(129,136-74)89(124)93(126)118-31-17-16-20-76(118)94(127)134-81(63(4)46-67-23-27-77(120)82(48-67)131-11)51-78(121)62(3)45-65(6)87(123)88(132-12)85(64(5)44-60)112-137-99(8,9)95(128)103-52-69-53-104-97(105-54-69)116-39-37-114(38-40-116)83(122)30-42-133-43-41-113-33-35-115(36-34-113)98-106-55-73(56-107-98)92(125)117-32-29-70-47-68(22-24-72(70)58-117)57-119-91-84(90(101)108-59-109-91)86(111-119)71-25-28-79-75(49-71)110-96(102)135-79/h13-15,18-19,22,24-25,28,45,47,49,53-56,59-60,62-64,66-67,74,76-78,80-82,87-88,120-121,123,129H,16-17,20-21,23,26-27,29-44,46,48,50-52,57-58H2,1-12H3,(H2,102,110)(H,103,128)(H2,101,108,109)/b15-13+,18-14+,61-19+,65-45+,112-85+/t60-,62-,63-,64-,66-,67+,74+,76+,77-,78-,80+,81+,82-,87-,88+,100-/m1/s1. The number of methoxy groups -OCH3 is 3. The first kappa shape index (κ1) is 102. The number of nitrogens with zero attached hydrogens (tertiary/aromatic N) is 16. The Morgan fingerprint density at radius 1 is 0.737 bits per heavy atom. The van der Waals surface area contributed by atoms with Gasteiger partial charge in [-0.05, 0) is 162 Å². The fourth-order valence-corrected chi connectivity index (χ4v) is 19.8. The highest BCUT2D eigenvalue weighted by atomic mass is 16.7. The number of rotatable bonds is 23. The van der Waals surface area contributed by atoms with E-state index in [0.717, 1.165) is 40.9 Å². The maximum absolute atomic E-state index is 14.8. The Bertz CT molecular complexity index is 5500. The molecule has 740 valence electrons. The van der Waals surface area contributed by atoms with E-state index in [-0.39, 0.29) is 80.5 Å². The molecule has 37 heteroatoms. The van der Waals surface area contributed by atoms with Crippen molar-refractivity contribution in [3.63, 3.8) is 0 Å². The van der Waals surface area contributed by atoms with Gasteiger partial charge in [-0.15, -0.1) is 0 Å². The number of carbonyl (C=O) groups excluding carboxylic acids is 6. The van der Waals surface area contributed by atoms with Gasteiger partial charge < -0.3 is 99.4 Å². The van der Waals surface area contributed by atoms with Crippen molar-refractivity contribution in [2.75, 3.05) is 128 Å². The maximum Gasteiger partial charge on any atom is 0.329 e. The molecule has 6 aliphatic heterocycles. The topological polar surface area (TPSA) is 465 Å². The number of piperazine rings is 2. The summed E-state index contributed by atoms with van der Waals surface area (Å²) in [5, 5.41) is 61.0. The third kappa shape index (κ3) is 25.0. The molecular formula is C100H137N19O18. The molecule has 7 aromatic rings. The molecule has 16 atom stereocenters. The summed E-state index contributed by atoms with van der Waals surface area (Å²) >= 11 is 0. The number of Topliss-reactive ketones (excluding diaryl/α,β-unsaturated/α-hetero) is 1. The Hall–Kier alpha value is -11.1. The van der Waals surface area contributed by atoms with Crippen LogP contribution >= 0.6 is 0 Å². The fraction of sp³-hybridized carbons (Fsp3) is 0.590. The smallest absolute Gasteiger partial charge is 0.329 e. The van der Waals surface area contributed by atoms with Crippen LogP contribution in [0.3, 0.4) is 0 Å². The van der Waals surface area contributed by atoms with E-state index in [0.29, 0.717) is 211 Å². The number of oxazole rings is 1. The lowest BCUT2D eigenvalue weighted by Crippen LogP contribution is -2.61. The van der Waals surface area contributed by atoms with Gasteiger partial charge in [-0.1, -0.05) is 94.4 Å². The van der Waals surface area contributed by atoms with Crippen molar-refractivity contribution >= 4 is 87.0 Å². The second kappa shape index (κ2) is 46.1. The van der Waals surface area contributed by atoms with Crippen molar-refractivity contribution in [2.24, 2.45) is 40.7 Å². The van der Waals surface area contributed by atoms with Crippen LogP contribution in [-0.2, 0) is 83.3 Å². The number of fused-ring (bicyclic) bond motifs is 6. The van der Waals surface area contributed by atoms with Crippen molar-refractivity contribution < 1.29 is 86.9 Å². The van der Waals surface area contributed by atoms with E-state index >= 15 is 0 Å². The van der Waals surface area contributed by atoms with Crippen LogP contribution in [0.1, 0.15) is 178 Å². The minimum absolute atomic E-state index is 0.00849. The van der Waals surface area contributed by atoms with Crippen LogP contribution in [0.15, 0.2) is 125 Å². The van der Waals surface area contributed by atoms with E-state index < -0.39 is 101 Å². The first-order valence-corrected chi connectivity index (χ1v) is 48.3. The summed E-state index contributed by atoms with van der Waals surface area (Å²) in [4.78, 5) is 135. The molecule has 2 bridgehead atoms. The lowest BCUT2D eigenvalue weighted by molar-refractivity contribution is -0.265. The number of aliphatic hydroxyl groups is 4. The Balaban J connectivity index is 0.535. The molecule has 1 saturated carbocycles. The molecule has 4 saturated heterocycles. The number of carbonyl (C=O) groups is 6. The number of benzene rings is 2. The zero-order chi connectivity index (χ0) is 97.5. The minimum atomic E-state index is -2.47. The normalized spacial score (nSPS) is 28.3. The molecule has 1 aliphatic carbocycles. The first-order chi connectivity index (χ1) is 65.8. The van der Waals surface area contributed by atoms with Crippen molar-refractivity contribution in [2.45, 2.75) is 238 Å². The van der Waals surface area contributed by atoms with E-state index in [1.807, 2.05) is 89.6 Å². The van der Waals surface area contributed by atoms with E-state index in [2.05, 4.69) is 68.2 Å². The second-order valence-corrected chi connectivity index (χ2v) is 38.7. The SMILES string of the molecule is CO[C@H]1C[C@@H]2CC[C@@H](C)[C@@](O)(O2)C(=O)C(=O)N2CCCC[C@H]2C(=O)O[C@H]([C@H](C)C[C@@H]2CC[C@@H](O)[C@H](OC)C2)C[C@@H](O)[C@H](C)/C=C(\C)[C@@H](O)[C@@H](OC)/C(=N/OC(C)(C)C(=O)NCc2cnc(N3CCN(C(=O)CCOCCN4CCN(c5ncc(C(=O)N6CCc7cc(Cn8nc(-c9ccc%10oc(N)nc%10c9)c9c(N)ncnc98)ccc7C6)cn5)CC4)CC3)nc2)[C@H](C)C[C@H](C)/C=C/C=C/C=C/1C. The number of oxime groups is 1. The van der Waals surface area contributed by atoms with Gasteiger partial charge in [-0.2, -0.15) is 10.1 Å². The maximum atomic E-state index is 14.8. The number of ether oxygens (including phenoxy) is 6. The molecule has 0 unspecified atom stereocenters. The van der Waals surface area contributed by atoms with Gasteiger partial charge in [-0.3, -0.25) is 28.9 Å². The Morgan fingerprint density at radius 2 is 1.47 bits per heavy atom. The molecule has 0 spiro atoms. The molecule has 0 radical (unpaired) electrons. The number of anilines is 4. The van der Waals surface area contributed by atoms with Gasteiger partial charge in [0.05, 0.1) is 73.4 Å². The number of allylic oxidation sites excluding steroid dienone is 5. The fourth-order valence-electron chi connectivity index (χ4n) is 19.8. The molecule has 9 N–H and O–H groups in total. The van der Waals surface area contributed by atoms with Crippen molar-refractivity contribution in [3.8, 4) is 11.3 Å². The molecule has 137 heavy (non-hydrogen) atoms. The number of nitrogens with one attached hydrogen (secondary N) is 1.